The molecular weight excluding hydrogens is 572 g/mol. The highest BCUT2D eigenvalue weighted by Gasteiger charge is 2.53. The first-order chi connectivity index (χ1) is 20.4. The average Bonchev–Trinajstić information content (AvgIpc) is 3.24. The van der Waals surface area contributed by atoms with Gasteiger partial charge in [0.1, 0.15) is 18.4 Å². The molecule has 2 aliphatic rings. The van der Waals surface area contributed by atoms with Crippen LogP contribution in [0, 0.1) is 5.92 Å². The summed E-state index contributed by atoms with van der Waals surface area (Å²) in [6.07, 6.45) is 1.82. The van der Waals surface area contributed by atoms with Gasteiger partial charge in [-0.2, -0.15) is 4.31 Å². The van der Waals surface area contributed by atoms with Crippen molar-refractivity contribution in [3.63, 3.8) is 0 Å². The molecule has 2 N–H and O–H groups in total. The van der Waals surface area contributed by atoms with Gasteiger partial charge in [0.05, 0.1) is 30.5 Å². The van der Waals surface area contributed by atoms with Gasteiger partial charge in [0.2, 0.25) is 10.0 Å². The van der Waals surface area contributed by atoms with Crippen molar-refractivity contribution in [2.45, 2.75) is 89.3 Å². The Balaban J connectivity index is 1.69. The summed E-state index contributed by atoms with van der Waals surface area (Å²) in [4.78, 5) is 26.4. The van der Waals surface area contributed by atoms with Crippen LogP contribution in [0.2, 0.25) is 0 Å². The van der Waals surface area contributed by atoms with Gasteiger partial charge in [-0.15, -0.1) is 0 Å². The quantitative estimate of drug-likeness (QED) is 0.326. The topological polar surface area (TPSA) is 134 Å². The first-order valence-corrected chi connectivity index (χ1v) is 16.7. The average molecular weight is 617 g/mol. The van der Waals surface area contributed by atoms with Crippen LogP contribution in [-0.2, 0) is 24.3 Å². The second kappa shape index (κ2) is 14.2. The van der Waals surface area contributed by atoms with Crippen molar-refractivity contribution in [2.75, 3.05) is 18.9 Å². The van der Waals surface area contributed by atoms with Gasteiger partial charge >= 0.3 is 12.1 Å². The molecule has 236 valence electrons. The summed E-state index contributed by atoms with van der Waals surface area (Å²) in [5.41, 5.74) is 0.0185. The summed E-state index contributed by atoms with van der Waals surface area (Å²) in [7, 11) is -4.36. The fourth-order valence-electron chi connectivity index (χ4n) is 6.61. The highest BCUT2D eigenvalue weighted by molar-refractivity contribution is 7.89. The molecule has 11 heteroatoms. The molecule has 4 rings (SSSR count). The van der Waals surface area contributed by atoms with Gasteiger partial charge in [0.15, 0.2) is 0 Å². The van der Waals surface area contributed by atoms with Crippen LogP contribution in [0.4, 0.5) is 4.79 Å². The zero-order valence-electron chi connectivity index (χ0n) is 25.2. The van der Waals surface area contributed by atoms with Gasteiger partial charge in [-0.1, -0.05) is 92.8 Å². The highest BCUT2D eigenvalue weighted by atomic mass is 32.2. The molecule has 0 bridgehead atoms. The number of ether oxygens (including phenoxy) is 2. The summed E-state index contributed by atoms with van der Waals surface area (Å²) >= 11 is 0. The molecule has 3 atom stereocenters. The normalized spacial score (nSPS) is 21.7. The Morgan fingerprint density at radius 3 is 2.09 bits per heavy atom. The van der Waals surface area contributed by atoms with Crippen LogP contribution in [0.3, 0.4) is 0 Å². The minimum atomic E-state index is -4.36. The van der Waals surface area contributed by atoms with Gasteiger partial charge < -0.3 is 19.7 Å². The number of hydrogen-bond donors (Lipinski definition) is 2. The Labute approximate surface area is 254 Å². The maximum atomic E-state index is 14.3. The number of nitrogens with zero attached hydrogens (tertiary/aromatic N) is 2. The predicted molar refractivity (Wildman–Crippen MR) is 162 cm³/mol. The van der Waals surface area contributed by atoms with Crippen molar-refractivity contribution < 1.29 is 37.7 Å². The summed E-state index contributed by atoms with van der Waals surface area (Å²) in [6, 6.07) is 16.4. The molecule has 1 unspecified atom stereocenters. The number of esters is 1. The van der Waals surface area contributed by atoms with E-state index in [0.717, 1.165) is 36.4 Å². The minimum absolute atomic E-state index is 0.0789. The second-order valence-corrected chi connectivity index (χ2v) is 13.9. The third-order valence-corrected chi connectivity index (χ3v) is 10.3. The molecule has 10 nitrogen and oxygen atoms in total. The molecule has 1 heterocycles. The number of rotatable bonds is 12. The second-order valence-electron chi connectivity index (χ2n) is 11.9. The number of sulfonamides is 1. The maximum Gasteiger partial charge on any atom is 0.409 e. The van der Waals surface area contributed by atoms with E-state index in [1.54, 1.807) is 69.3 Å². The van der Waals surface area contributed by atoms with E-state index < -0.39 is 64.4 Å². The summed E-state index contributed by atoms with van der Waals surface area (Å²) in [6.45, 7) is 4.39. The Morgan fingerprint density at radius 2 is 1.58 bits per heavy atom. The van der Waals surface area contributed by atoms with E-state index in [-0.39, 0.29) is 12.5 Å². The molecular formula is C32H44N2O8S. The maximum absolute atomic E-state index is 14.3. The standard InChI is InChI=1S/C32H44N2O8S/c1-4-41-28(36)21-33(29(24-16-10-6-11-17-24)25-18-12-7-13-19-25)43(39,40)22-27(35)30-26(20-23-14-8-5-9-15-23)34(31(37)38)32(2,3)42-30/h6-7,10-13,16-19,23,26-27,29-30,35H,4-5,8-9,14-15,20-22H2,1-3H3,(H,37,38)/t26-,27?,30-/m0/s1. The van der Waals surface area contributed by atoms with Crippen LogP contribution in [0.15, 0.2) is 60.7 Å². The van der Waals surface area contributed by atoms with Crippen molar-refractivity contribution >= 4 is 22.1 Å². The lowest BCUT2D eigenvalue weighted by molar-refractivity contribution is -0.143. The molecule has 1 aliphatic heterocycles. The van der Waals surface area contributed by atoms with Crippen LogP contribution in [0.5, 0.6) is 0 Å². The van der Waals surface area contributed by atoms with Crippen LogP contribution in [0.25, 0.3) is 0 Å². The molecule has 1 aliphatic carbocycles. The van der Waals surface area contributed by atoms with Gasteiger partial charge in [0, 0.05) is 0 Å². The lowest BCUT2D eigenvalue weighted by Gasteiger charge is -2.35. The Morgan fingerprint density at radius 1 is 1.02 bits per heavy atom. The van der Waals surface area contributed by atoms with Gasteiger partial charge in [-0.25, -0.2) is 13.2 Å². The van der Waals surface area contributed by atoms with E-state index in [4.69, 9.17) is 9.47 Å². The van der Waals surface area contributed by atoms with E-state index in [1.807, 2.05) is 12.1 Å². The predicted octanol–water partition coefficient (Wildman–Crippen LogP) is 4.79. The smallest absolute Gasteiger partial charge is 0.409 e. The Kier molecular flexibility index (Phi) is 10.9. The van der Waals surface area contributed by atoms with E-state index in [0.29, 0.717) is 17.5 Å². The lowest BCUT2D eigenvalue weighted by Crippen LogP contribution is -2.51. The zero-order chi connectivity index (χ0) is 31.2. The van der Waals surface area contributed by atoms with Gasteiger partial charge in [-0.05, 0) is 44.2 Å². The monoisotopic (exact) mass is 616 g/mol. The molecule has 1 amide bonds. The van der Waals surface area contributed by atoms with Gasteiger partial charge in [-0.3, -0.25) is 9.69 Å². The van der Waals surface area contributed by atoms with Gasteiger partial charge in [0.25, 0.3) is 0 Å². The number of carboxylic acid groups (broad SMARTS) is 1. The van der Waals surface area contributed by atoms with Crippen LogP contribution >= 0.6 is 0 Å². The summed E-state index contributed by atoms with van der Waals surface area (Å²) in [5, 5.41) is 21.7. The first kappa shape index (κ1) is 32.9. The molecule has 43 heavy (non-hydrogen) atoms. The largest absolute Gasteiger partial charge is 0.465 e. The van der Waals surface area contributed by atoms with Crippen molar-refractivity contribution in [1.29, 1.82) is 0 Å². The lowest BCUT2D eigenvalue weighted by atomic mass is 9.83. The fourth-order valence-corrected chi connectivity index (χ4v) is 8.29. The SMILES string of the molecule is CCOC(=O)CN(C(c1ccccc1)c1ccccc1)S(=O)(=O)CC(O)[C@H]1OC(C)(C)N(C(=O)O)[C@H]1CC1CCCCC1. The number of carbonyl (C=O) groups excluding carboxylic acids is 1. The highest BCUT2D eigenvalue weighted by Crippen LogP contribution is 2.40. The Hall–Kier alpha value is -2.99. The molecule has 2 aromatic carbocycles. The van der Waals surface area contributed by atoms with Crippen LogP contribution in [0.1, 0.15) is 76.5 Å². The number of hydrogen-bond acceptors (Lipinski definition) is 7. The summed E-state index contributed by atoms with van der Waals surface area (Å²) in [5.74, 6) is -1.23. The number of aliphatic hydroxyl groups is 1. The van der Waals surface area contributed by atoms with E-state index in [2.05, 4.69) is 0 Å². The molecule has 1 saturated carbocycles. The van der Waals surface area contributed by atoms with E-state index >= 15 is 0 Å². The molecule has 1 saturated heterocycles. The number of aliphatic hydroxyl groups excluding tert-OH is 1. The van der Waals surface area contributed by atoms with Crippen molar-refractivity contribution in [3.05, 3.63) is 71.8 Å². The van der Waals surface area contributed by atoms with Crippen molar-refractivity contribution in [1.82, 2.24) is 9.21 Å². The number of amides is 1. The van der Waals surface area contributed by atoms with Crippen molar-refractivity contribution in [2.24, 2.45) is 5.92 Å². The third-order valence-electron chi connectivity index (χ3n) is 8.45. The van der Waals surface area contributed by atoms with E-state index in [1.165, 1.54) is 4.90 Å². The number of benzene rings is 2. The van der Waals surface area contributed by atoms with Crippen molar-refractivity contribution in [3.8, 4) is 0 Å². The van der Waals surface area contributed by atoms with E-state index in [9.17, 15) is 28.2 Å². The molecule has 2 aromatic rings. The van der Waals surface area contributed by atoms with Crippen LogP contribution in [-0.4, -0.2) is 82.8 Å². The molecule has 0 aromatic heterocycles. The minimum Gasteiger partial charge on any atom is -0.465 e. The Bertz CT molecular complexity index is 1280. The molecule has 2 fully saturated rings. The fraction of sp³-hybridized carbons (Fsp3) is 0.562. The molecule has 0 radical (unpaired) electrons. The third kappa shape index (κ3) is 7.94. The van der Waals surface area contributed by atoms with Crippen LogP contribution < -0.4 is 0 Å². The first-order valence-electron chi connectivity index (χ1n) is 15.1. The zero-order valence-corrected chi connectivity index (χ0v) is 26.0. The molecule has 0 spiro atoms. The summed E-state index contributed by atoms with van der Waals surface area (Å²) < 4.78 is 40.9. The number of carbonyl (C=O) groups is 2.